The van der Waals surface area contributed by atoms with Crippen LogP contribution in [0.5, 0.6) is 0 Å². The molecule has 0 fully saturated rings. The topological polar surface area (TPSA) is 64.3 Å². The van der Waals surface area contributed by atoms with Crippen LogP contribution in [0.25, 0.3) is 0 Å². The Morgan fingerprint density at radius 3 is 2.18 bits per heavy atom. The van der Waals surface area contributed by atoms with Crippen molar-refractivity contribution in [2.24, 2.45) is 5.84 Å². The van der Waals surface area contributed by atoms with Gasteiger partial charge in [0.15, 0.2) is 6.07 Å². The van der Waals surface area contributed by atoms with Crippen molar-refractivity contribution in [1.82, 2.24) is 0 Å². The summed E-state index contributed by atoms with van der Waals surface area (Å²) in [7, 11) is 0. The smallest absolute Gasteiger partial charge is 0.342 e. The molecular formula is C15H13Cl3N2O2. The summed E-state index contributed by atoms with van der Waals surface area (Å²) in [6.45, 7) is 0. The number of carbonyl (C=O) groups is 1. The maximum absolute atomic E-state index is 11.7. The van der Waals surface area contributed by atoms with Crippen LogP contribution in [-0.2, 0) is 11.2 Å². The Hall–Kier alpha value is -1.46. The molecule has 2 rings (SSSR count). The van der Waals surface area contributed by atoms with E-state index in [0.29, 0.717) is 6.42 Å². The Kier molecular flexibility index (Phi) is 5.91. The molecule has 0 amide bonds. The van der Waals surface area contributed by atoms with Crippen LogP contribution in [0, 0.1) is 0 Å². The summed E-state index contributed by atoms with van der Waals surface area (Å²) >= 11 is 17.6. The van der Waals surface area contributed by atoms with Crippen LogP contribution >= 0.6 is 34.8 Å². The van der Waals surface area contributed by atoms with Gasteiger partial charge in [-0.25, -0.2) is 4.79 Å². The summed E-state index contributed by atoms with van der Waals surface area (Å²) in [4.78, 5) is 11.7. The number of carbonyl (C=O) groups excluding carboxylic acids is 1. The minimum absolute atomic E-state index is 0.121. The van der Waals surface area contributed by atoms with E-state index in [0.717, 1.165) is 16.8 Å². The third kappa shape index (κ3) is 4.05. The number of halogens is 3. The first-order chi connectivity index (χ1) is 10.5. The molecule has 4 nitrogen and oxygen atoms in total. The lowest BCUT2D eigenvalue weighted by atomic mass is 10.0. The highest BCUT2D eigenvalue weighted by Gasteiger charge is 2.17. The zero-order chi connectivity index (χ0) is 16.1. The van der Waals surface area contributed by atoms with E-state index in [2.05, 4.69) is 5.43 Å². The van der Waals surface area contributed by atoms with Crippen molar-refractivity contribution in [2.75, 3.05) is 11.5 Å². The first kappa shape index (κ1) is 16.9. The van der Waals surface area contributed by atoms with Gasteiger partial charge in [-0.3, -0.25) is 5.84 Å². The van der Waals surface area contributed by atoms with E-state index in [-0.39, 0.29) is 21.7 Å². The molecule has 0 saturated heterocycles. The van der Waals surface area contributed by atoms with Crippen LogP contribution in [0.15, 0.2) is 36.4 Å². The zero-order valence-corrected chi connectivity index (χ0v) is 13.7. The van der Waals surface area contributed by atoms with Crippen molar-refractivity contribution in [3.8, 4) is 0 Å². The largest absolute Gasteiger partial charge is 0.446 e. The summed E-state index contributed by atoms with van der Waals surface area (Å²) in [5, 5.41) is 0.468. The molecule has 0 aliphatic carbocycles. The lowest BCUT2D eigenvalue weighted by Gasteiger charge is -2.09. The Labute approximate surface area is 143 Å². The van der Waals surface area contributed by atoms with Gasteiger partial charge >= 0.3 is 5.97 Å². The van der Waals surface area contributed by atoms with Crippen LogP contribution in [0.3, 0.4) is 0 Å². The molecule has 0 unspecified atom stereocenters. The quantitative estimate of drug-likeness (QED) is 0.363. The fourth-order valence-electron chi connectivity index (χ4n) is 2.00. The van der Waals surface area contributed by atoms with Crippen LogP contribution < -0.4 is 11.3 Å². The molecule has 7 heteroatoms. The maximum Gasteiger partial charge on any atom is 0.342 e. The Morgan fingerprint density at radius 1 is 1.09 bits per heavy atom. The number of ether oxygens (including phenoxy) is 1. The van der Waals surface area contributed by atoms with Gasteiger partial charge in [-0.1, -0.05) is 46.9 Å². The molecule has 0 radical (unpaired) electrons. The van der Waals surface area contributed by atoms with Crippen molar-refractivity contribution in [1.29, 1.82) is 0 Å². The van der Waals surface area contributed by atoms with Gasteiger partial charge in [0, 0.05) is 5.69 Å². The lowest BCUT2D eigenvalue weighted by molar-refractivity contribution is 0.0574. The molecule has 116 valence electrons. The molecule has 2 aromatic rings. The highest BCUT2D eigenvalue weighted by atomic mass is 35.5. The second-order valence-corrected chi connectivity index (χ2v) is 5.53. The summed E-state index contributed by atoms with van der Waals surface area (Å²) < 4.78 is 4.71. The SMILES string of the molecule is NNc1ccc(Cc2cc(Cl)c(C(=O)OCCl)c(Cl)c2)cc1. The standard InChI is InChI=1S/C15H13Cl3N2O2/c16-8-22-15(21)14-12(17)6-10(7-13(14)18)5-9-1-3-11(20-19)4-2-9/h1-4,6-7,20H,5,8,19H2. The minimum Gasteiger partial charge on any atom is -0.446 e. The third-order valence-corrected chi connectivity index (χ3v) is 3.73. The second kappa shape index (κ2) is 7.70. The van der Waals surface area contributed by atoms with E-state index >= 15 is 0 Å². The summed E-state index contributed by atoms with van der Waals surface area (Å²) in [5.41, 5.74) is 5.44. The minimum atomic E-state index is -0.644. The average molecular weight is 360 g/mol. The first-order valence-corrected chi connectivity index (χ1v) is 7.60. The van der Waals surface area contributed by atoms with Gasteiger partial charge in [0.2, 0.25) is 0 Å². The van der Waals surface area contributed by atoms with Gasteiger partial charge in [0.1, 0.15) is 0 Å². The number of nitrogens with one attached hydrogen (secondary N) is 1. The number of hydrogen-bond donors (Lipinski definition) is 2. The van der Waals surface area contributed by atoms with Crippen LogP contribution in [0.2, 0.25) is 10.0 Å². The van der Waals surface area contributed by atoms with Crippen molar-refractivity contribution in [3.05, 3.63) is 63.1 Å². The number of rotatable bonds is 5. The number of nitrogen functional groups attached to an aromatic ring is 1. The van der Waals surface area contributed by atoms with Crippen LogP contribution in [-0.4, -0.2) is 12.0 Å². The molecule has 0 atom stereocenters. The molecule has 0 aliphatic heterocycles. The van der Waals surface area contributed by atoms with Gasteiger partial charge in [0.05, 0.1) is 15.6 Å². The zero-order valence-electron chi connectivity index (χ0n) is 11.4. The van der Waals surface area contributed by atoms with Crippen LogP contribution in [0.4, 0.5) is 5.69 Å². The van der Waals surface area contributed by atoms with Gasteiger partial charge in [-0.2, -0.15) is 0 Å². The van der Waals surface area contributed by atoms with E-state index in [4.69, 9.17) is 45.4 Å². The number of hydrazine groups is 1. The first-order valence-electron chi connectivity index (χ1n) is 6.31. The molecule has 0 spiro atoms. The fourth-order valence-corrected chi connectivity index (χ4v) is 2.78. The molecular weight excluding hydrogens is 347 g/mol. The maximum atomic E-state index is 11.7. The molecule has 0 aromatic heterocycles. The molecule has 0 bridgehead atoms. The van der Waals surface area contributed by atoms with E-state index in [1.165, 1.54) is 0 Å². The van der Waals surface area contributed by atoms with E-state index < -0.39 is 5.97 Å². The highest BCUT2D eigenvalue weighted by molar-refractivity contribution is 6.39. The van der Waals surface area contributed by atoms with Crippen molar-refractivity contribution >= 4 is 46.5 Å². The Balaban J connectivity index is 2.24. The highest BCUT2D eigenvalue weighted by Crippen LogP contribution is 2.28. The second-order valence-electron chi connectivity index (χ2n) is 4.49. The van der Waals surface area contributed by atoms with Crippen molar-refractivity contribution < 1.29 is 9.53 Å². The number of benzene rings is 2. The number of nitrogens with two attached hydrogens (primary N) is 1. The number of alkyl halides is 1. The Morgan fingerprint density at radius 2 is 1.68 bits per heavy atom. The van der Waals surface area contributed by atoms with E-state index in [1.54, 1.807) is 12.1 Å². The van der Waals surface area contributed by atoms with Gasteiger partial charge < -0.3 is 10.2 Å². The third-order valence-electron chi connectivity index (χ3n) is 3.02. The van der Waals surface area contributed by atoms with Crippen molar-refractivity contribution in [2.45, 2.75) is 6.42 Å². The van der Waals surface area contributed by atoms with Gasteiger partial charge in [0.25, 0.3) is 0 Å². The predicted octanol–water partition coefficient (Wildman–Crippen LogP) is 4.22. The normalized spacial score (nSPS) is 10.4. The summed E-state index contributed by atoms with van der Waals surface area (Å²) in [6, 6.07) is 10.7. The Bertz CT molecular complexity index is 652. The fraction of sp³-hybridized carbons (Fsp3) is 0.133. The number of esters is 1. The van der Waals surface area contributed by atoms with Gasteiger partial charge in [-0.05, 0) is 41.8 Å². The van der Waals surface area contributed by atoms with Gasteiger partial charge in [-0.15, -0.1) is 0 Å². The van der Waals surface area contributed by atoms with Crippen LogP contribution in [0.1, 0.15) is 21.5 Å². The summed E-state index contributed by atoms with van der Waals surface area (Å²) in [5.74, 6) is 4.68. The van der Waals surface area contributed by atoms with E-state index in [1.807, 2.05) is 24.3 Å². The lowest BCUT2D eigenvalue weighted by Crippen LogP contribution is -2.07. The predicted molar refractivity (Wildman–Crippen MR) is 89.7 cm³/mol. The number of hydrogen-bond acceptors (Lipinski definition) is 4. The molecule has 2 aromatic carbocycles. The summed E-state index contributed by atoms with van der Waals surface area (Å²) in [6.07, 6.45) is 0.620. The molecule has 0 heterocycles. The molecule has 0 aliphatic rings. The molecule has 22 heavy (non-hydrogen) atoms. The molecule has 0 saturated carbocycles. The number of anilines is 1. The monoisotopic (exact) mass is 358 g/mol. The average Bonchev–Trinajstić information content (AvgIpc) is 2.47. The molecule has 3 N–H and O–H groups in total. The van der Waals surface area contributed by atoms with E-state index in [9.17, 15) is 4.79 Å². The van der Waals surface area contributed by atoms with Crippen molar-refractivity contribution in [3.63, 3.8) is 0 Å².